The molecular formula is C19H18N4O3. The van der Waals surface area contributed by atoms with E-state index in [4.69, 9.17) is 0 Å². The Morgan fingerprint density at radius 2 is 1.77 bits per heavy atom. The third-order valence-corrected chi connectivity index (χ3v) is 4.72. The molecule has 0 aliphatic carbocycles. The zero-order valence-electron chi connectivity index (χ0n) is 14.1. The summed E-state index contributed by atoms with van der Waals surface area (Å²) < 4.78 is 0. The Morgan fingerprint density at radius 1 is 1.04 bits per heavy atom. The zero-order chi connectivity index (χ0) is 18.1. The molecule has 0 unspecified atom stereocenters. The highest BCUT2D eigenvalue weighted by Crippen LogP contribution is 2.38. The van der Waals surface area contributed by atoms with Crippen molar-refractivity contribution < 1.29 is 14.4 Å². The predicted molar refractivity (Wildman–Crippen MR) is 95.5 cm³/mol. The number of aromatic nitrogens is 1. The van der Waals surface area contributed by atoms with Crippen molar-refractivity contribution in [3.05, 3.63) is 53.3 Å². The van der Waals surface area contributed by atoms with Gasteiger partial charge in [0, 0.05) is 37.6 Å². The summed E-state index contributed by atoms with van der Waals surface area (Å²) in [4.78, 5) is 41.9. The summed E-state index contributed by atoms with van der Waals surface area (Å²) in [5.41, 5.74) is 4.54. The van der Waals surface area contributed by atoms with Gasteiger partial charge in [-0.3, -0.25) is 19.4 Å². The fraction of sp³-hybridized carbons (Fsp3) is 0.263. The summed E-state index contributed by atoms with van der Waals surface area (Å²) >= 11 is 0. The molecule has 0 saturated carbocycles. The fourth-order valence-electron chi connectivity index (χ4n) is 3.48. The van der Waals surface area contributed by atoms with Crippen LogP contribution in [0.3, 0.4) is 0 Å². The van der Waals surface area contributed by atoms with E-state index in [2.05, 4.69) is 15.6 Å². The summed E-state index contributed by atoms with van der Waals surface area (Å²) in [6.07, 6.45) is 5.18. The molecule has 2 aliphatic heterocycles. The summed E-state index contributed by atoms with van der Waals surface area (Å²) in [7, 11) is 0. The minimum absolute atomic E-state index is 0.156. The molecule has 0 fully saturated rings. The van der Waals surface area contributed by atoms with Gasteiger partial charge in [-0.25, -0.2) is 0 Å². The molecule has 0 bridgehead atoms. The topological polar surface area (TPSA) is 91.4 Å². The Balaban J connectivity index is 1.44. The van der Waals surface area contributed by atoms with E-state index in [9.17, 15) is 14.4 Å². The maximum absolute atomic E-state index is 12.2. The number of carbonyl (C=O) groups is 3. The number of benzene rings is 1. The van der Waals surface area contributed by atoms with Crippen LogP contribution in [0.2, 0.25) is 0 Å². The molecule has 0 saturated heterocycles. The Kier molecular flexibility index (Phi) is 4.12. The number of nitrogens with one attached hydrogen (secondary N) is 2. The number of hydrogen-bond acceptors (Lipinski definition) is 4. The van der Waals surface area contributed by atoms with Gasteiger partial charge in [0.2, 0.25) is 5.91 Å². The first kappa shape index (κ1) is 16.3. The smallest absolute Gasteiger partial charge is 0.313 e. The van der Waals surface area contributed by atoms with Crippen LogP contribution in [0.4, 0.5) is 11.4 Å². The molecule has 4 rings (SSSR count). The highest BCUT2D eigenvalue weighted by molar-refractivity contribution is 6.39. The Bertz CT molecular complexity index is 895. The van der Waals surface area contributed by atoms with Crippen molar-refractivity contribution in [2.24, 2.45) is 0 Å². The van der Waals surface area contributed by atoms with Crippen molar-refractivity contribution in [3.63, 3.8) is 0 Å². The molecule has 132 valence electrons. The largest absolute Gasteiger partial charge is 0.344 e. The quantitative estimate of drug-likeness (QED) is 0.813. The van der Waals surface area contributed by atoms with Crippen molar-refractivity contribution in [3.8, 4) is 0 Å². The van der Waals surface area contributed by atoms with Crippen LogP contribution >= 0.6 is 0 Å². The van der Waals surface area contributed by atoms with Gasteiger partial charge in [0.15, 0.2) is 0 Å². The van der Waals surface area contributed by atoms with Gasteiger partial charge < -0.3 is 15.5 Å². The Morgan fingerprint density at radius 3 is 2.54 bits per heavy atom. The number of hydrogen-bond donors (Lipinski definition) is 2. The normalized spacial score (nSPS) is 14.8. The van der Waals surface area contributed by atoms with Crippen molar-refractivity contribution in [2.75, 3.05) is 16.8 Å². The molecule has 0 radical (unpaired) electrons. The van der Waals surface area contributed by atoms with Gasteiger partial charge in [0.25, 0.3) is 0 Å². The molecule has 26 heavy (non-hydrogen) atoms. The first-order valence-electron chi connectivity index (χ1n) is 8.56. The van der Waals surface area contributed by atoms with E-state index in [1.54, 1.807) is 24.5 Å². The Hall–Kier alpha value is -3.22. The van der Waals surface area contributed by atoms with Crippen LogP contribution < -0.4 is 15.5 Å². The van der Waals surface area contributed by atoms with Gasteiger partial charge in [-0.1, -0.05) is 0 Å². The van der Waals surface area contributed by atoms with E-state index < -0.39 is 11.8 Å². The standard InChI is InChI=1S/C19H18N4O3/c24-16-2-1-13-9-15(10-14-5-8-23(16)17(13)14)22-19(26)18(25)21-11-12-3-6-20-7-4-12/h3-4,6-7,9-10H,1-2,5,8,11H2,(H,21,25)(H,22,26). The van der Waals surface area contributed by atoms with Gasteiger partial charge in [0.05, 0.1) is 5.69 Å². The minimum Gasteiger partial charge on any atom is -0.344 e. The van der Waals surface area contributed by atoms with E-state index in [1.165, 1.54) is 0 Å². The highest BCUT2D eigenvalue weighted by atomic mass is 16.2. The van der Waals surface area contributed by atoms with E-state index >= 15 is 0 Å². The van der Waals surface area contributed by atoms with Crippen molar-refractivity contribution in [1.29, 1.82) is 0 Å². The van der Waals surface area contributed by atoms with Gasteiger partial charge in [-0.05, 0) is 53.8 Å². The molecule has 3 amide bonds. The number of nitrogens with zero attached hydrogens (tertiary/aromatic N) is 2. The molecule has 1 aromatic heterocycles. The molecule has 3 heterocycles. The van der Waals surface area contributed by atoms with Crippen molar-refractivity contribution >= 4 is 29.1 Å². The maximum atomic E-state index is 12.2. The lowest BCUT2D eigenvalue weighted by Gasteiger charge is -2.25. The van der Waals surface area contributed by atoms with Crippen LogP contribution in [-0.4, -0.2) is 29.3 Å². The molecule has 0 atom stereocenters. The second-order valence-corrected chi connectivity index (χ2v) is 6.43. The van der Waals surface area contributed by atoms with Crippen LogP contribution in [0.25, 0.3) is 0 Å². The molecule has 7 nitrogen and oxygen atoms in total. The average Bonchev–Trinajstić information content (AvgIpc) is 3.09. The number of carbonyl (C=O) groups excluding carboxylic acids is 3. The first-order valence-corrected chi connectivity index (χ1v) is 8.56. The lowest BCUT2D eigenvalue weighted by Crippen LogP contribution is -2.35. The molecule has 2 aromatic rings. The van der Waals surface area contributed by atoms with Gasteiger partial charge in [-0.15, -0.1) is 0 Å². The van der Waals surface area contributed by atoms with Gasteiger partial charge in [-0.2, -0.15) is 0 Å². The average molecular weight is 350 g/mol. The van der Waals surface area contributed by atoms with Crippen LogP contribution in [0.5, 0.6) is 0 Å². The second-order valence-electron chi connectivity index (χ2n) is 6.43. The molecular weight excluding hydrogens is 332 g/mol. The predicted octanol–water partition coefficient (Wildman–Crippen LogP) is 1.17. The maximum Gasteiger partial charge on any atom is 0.313 e. The van der Waals surface area contributed by atoms with E-state index in [-0.39, 0.29) is 12.5 Å². The summed E-state index contributed by atoms with van der Waals surface area (Å²) in [5.74, 6) is -1.23. The minimum atomic E-state index is -0.701. The van der Waals surface area contributed by atoms with Crippen molar-refractivity contribution in [1.82, 2.24) is 10.3 Å². The van der Waals surface area contributed by atoms with Crippen LogP contribution in [0, 0.1) is 0 Å². The molecule has 2 N–H and O–H groups in total. The number of anilines is 2. The SMILES string of the molecule is O=C(NCc1ccncc1)C(=O)Nc1cc2c3c(c1)CCN3C(=O)CC2. The number of amides is 3. The first-order chi connectivity index (χ1) is 12.6. The second kappa shape index (κ2) is 6.59. The van der Waals surface area contributed by atoms with Gasteiger partial charge >= 0.3 is 11.8 Å². The lowest BCUT2D eigenvalue weighted by molar-refractivity contribution is -0.136. The molecule has 0 spiro atoms. The van der Waals surface area contributed by atoms with E-state index in [1.807, 2.05) is 17.0 Å². The third kappa shape index (κ3) is 3.03. The van der Waals surface area contributed by atoms with Gasteiger partial charge in [0.1, 0.15) is 0 Å². The number of pyridine rings is 1. The van der Waals surface area contributed by atoms with Crippen LogP contribution in [-0.2, 0) is 33.8 Å². The van der Waals surface area contributed by atoms with E-state index in [0.717, 1.165) is 28.8 Å². The molecule has 2 aliphatic rings. The summed E-state index contributed by atoms with van der Waals surface area (Å²) in [5, 5.41) is 5.26. The summed E-state index contributed by atoms with van der Waals surface area (Å²) in [6, 6.07) is 7.26. The van der Waals surface area contributed by atoms with E-state index in [0.29, 0.717) is 25.1 Å². The number of rotatable bonds is 3. The zero-order valence-corrected chi connectivity index (χ0v) is 14.1. The van der Waals surface area contributed by atoms with Crippen molar-refractivity contribution in [2.45, 2.75) is 25.8 Å². The highest BCUT2D eigenvalue weighted by Gasteiger charge is 2.31. The summed E-state index contributed by atoms with van der Waals surface area (Å²) in [6.45, 7) is 0.951. The molecule has 7 heteroatoms. The third-order valence-electron chi connectivity index (χ3n) is 4.72. The van der Waals surface area contributed by atoms with Crippen LogP contribution in [0.1, 0.15) is 23.1 Å². The fourth-order valence-corrected chi connectivity index (χ4v) is 3.48. The van der Waals surface area contributed by atoms with Crippen LogP contribution in [0.15, 0.2) is 36.7 Å². The lowest BCUT2D eigenvalue weighted by atomic mass is 9.98. The molecule has 1 aromatic carbocycles. The number of aryl methyl sites for hydroxylation is 1. The monoisotopic (exact) mass is 350 g/mol. The Labute approximate surface area is 150 Å².